The molecule has 16 heteroatoms. The molecule has 0 radical (unpaired) electrons. The molecule has 1 aliphatic rings. The molecule has 272 valence electrons. The molecule has 0 saturated carbocycles. The Labute approximate surface area is 291 Å². The van der Waals surface area contributed by atoms with Gasteiger partial charge in [-0.1, -0.05) is 25.0 Å². The molecular weight excluding hydrogens is 697 g/mol. The van der Waals surface area contributed by atoms with Gasteiger partial charge in [-0.05, 0) is 68.0 Å². The van der Waals surface area contributed by atoms with Gasteiger partial charge in [-0.15, -0.1) is 0 Å². The van der Waals surface area contributed by atoms with E-state index in [0.29, 0.717) is 32.8 Å². The van der Waals surface area contributed by atoms with E-state index in [1.165, 1.54) is 31.5 Å². The number of benzene rings is 2. The number of halogens is 7. The highest BCUT2D eigenvalue weighted by atomic mass is 19.4. The molecule has 0 spiro atoms. The van der Waals surface area contributed by atoms with Gasteiger partial charge in [0.25, 0.3) is 11.5 Å². The molecule has 3 N–H and O–H groups in total. The van der Waals surface area contributed by atoms with Crippen molar-refractivity contribution in [3.8, 4) is 23.0 Å². The van der Waals surface area contributed by atoms with Crippen molar-refractivity contribution in [1.82, 2.24) is 29.9 Å². The molecule has 9 nitrogen and oxygen atoms in total. The Bertz CT molecular complexity index is 2320. The van der Waals surface area contributed by atoms with E-state index in [1.807, 2.05) is 0 Å². The number of hydrogen-bond acceptors (Lipinski definition) is 5. The number of aryl methyl sites for hydroxylation is 1. The molecule has 6 rings (SSSR count). The number of aromatic amines is 1. The Morgan fingerprint density at radius 2 is 1.81 bits per heavy atom. The van der Waals surface area contributed by atoms with Gasteiger partial charge < -0.3 is 10.4 Å². The largest absolute Gasteiger partial charge is 0.435 e. The van der Waals surface area contributed by atoms with Crippen molar-refractivity contribution < 1.29 is 40.6 Å². The van der Waals surface area contributed by atoms with Crippen molar-refractivity contribution in [2.75, 3.05) is 0 Å². The SMILES string of the molecule is C[C@H]1CC(F)(F)c2c1c(C(F)(F)F)nn2CC(=O)N[C@@H](Cc1cc(F)cc(F)c1)c1nc(C#CC(C)(C)O)ccc1-c1cccc2c(=O)[nH]n(C)c12. The van der Waals surface area contributed by atoms with Gasteiger partial charge in [0.2, 0.25) is 5.91 Å². The number of rotatable bonds is 7. The third-order valence-corrected chi connectivity index (χ3v) is 8.58. The average Bonchev–Trinajstić information content (AvgIpc) is 3.64. The maximum absolute atomic E-state index is 15.1. The van der Waals surface area contributed by atoms with E-state index in [2.05, 4.69) is 32.3 Å². The number of fused-ring (bicyclic) bond motifs is 2. The zero-order chi connectivity index (χ0) is 37.9. The molecule has 0 bridgehead atoms. The van der Waals surface area contributed by atoms with E-state index < -0.39 is 82.7 Å². The van der Waals surface area contributed by atoms with Gasteiger partial charge in [-0.3, -0.25) is 24.1 Å². The minimum atomic E-state index is -5.08. The first-order valence-electron chi connectivity index (χ1n) is 16.0. The fourth-order valence-corrected chi connectivity index (χ4v) is 6.62. The number of pyridine rings is 1. The van der Waals surface area contributed by atoms with E-state index >= 15 is 8.78 Å². The monoisotopic (exact) mass is 728 g/mol. The van der Waals surface area contributed by atoms with E-state index in [0.717, 1.165) is 12.1 Å². The van der Waals surface area contributed by atoms with Gasteiger partial charge in [0, 0.05) is 36.2 Å². The molecule has 0 fully saturated rings. The fraction of sp³-hybridized carbons (Fsp3) is 0.333. The second-order valence-corrected chi connectivity index (χ2v) is 13.3. The lowest BCUT2D eigenvalue weighted by atomic mass is 9.93. The van der Waals surface area contributed by atoms with Gasteiger partial charge in [-0.2, -0.15) is 27.1 Å². The summed E-state index contributed by atoms with van der Waals surface area (Å²) in [4.78, 5) is 31.1. The normalized spacial score (nSPS) is 16.0. The van der Waals surface area contributed by atoms with E-state index in [9.17, 15) is 36.6 Å². The van der Waals surface area contributed by atoms with Crippen LogP contribution in [0.1, 0.15) is 73.1 Å². The summed E-state index contributed by atoms with van der Waals surface area (Å²) in [6, 6.07) is 9.27. The molecule has 2 atom stereocenters. The zero-order valence-corrected chi connectivity index (χ0v) is 28.1. The summed E-state index contributed by atoms with van der Waals surface area (Å²) >= 11 is 0. The van der Waals surface area contributed by atoms with Crippen molar-refractivity contribution in [3.05, 3.63) is 104 Å². The van der Waals surface area contributed by atoms with Crippen molar-refractivity contribution in [2.45, 2.75) is 69.8 Å². The number of carbonyl (C=O) groups is 1. The maximum Gasteiger partial charge on any atom is 0.435 e. The summed E-state index contributed by atoms with van der Waals surface area (Å²) < 4.78 is 103. The van der Waals surface area contributed by atoms with Crippen molar-refractivity contribution in [2.24, 2.45) is 7.05 Å². The third-order valence-electron chi connectivity index (χ3n) is 8.58. The maximum atomic E-state index is 15.1. The number of hydrogen-bond donors (Lipinski definition) is 3. The number of nitrogens with one attached hydrogen (secondary N) is 2. The van der Waals surface area contributed by atoms with Crippen molar-refractivity contribution in [1.29, 1.82) is 0 Å². The number of para-hydroxylation sites is 1. The van der Waals surface area contributed by atoms with Crippen molar-refractivity contribution in [3.63, 3.8) is 0 Å². The molecule has 2 aromatic carbocycles. The quantitative estimate of drug-likeness (QED) is 0.136. The number of amides is 1. The zero-order valence-electron chi connectivity index (χ0n) is 28.1. The van der Waals surface area contributed by atoms with Crippen LogP contribution in [0.5, 0.6) is 0 Å². The topological polar surface area (TPSA) is 118 Å². The van der Waals surface area contributed by atoms with Crippen LogP contribution in [0.15, 0.2) is 53.3 Å². The third kappa shape index (κ3) is 7.18. The lowest BCUT2D eigenvalue weighted by Gasteiger charge is -2.23. The summed E-state index contributed by atoms with van der Waals surface area (Å²) in [7, 11) is 1.59. The van der Waals surface area contributed by atoms with Gasteiger partial charge in [0.05, 0.1) is 22.6 Å². The van der Waals surface area contributed by atoms with Crippen molar-refractivity contribution >= 4 is 16.8 Å². The molecular formula is C36H31F7N6O3. The van der Waals surface area contributed by atoms with Crippen LogP contribution >= 0.6 is 0 Å². The smallest absolute Gasteiger partial charge is 0.378 e. The van der Waals surface area contributed by atoms with Crippen LogP contribution in [0.3, 0.4) is 0 Å². The van der Waals surface area contributed by atoms with Gasteiger partial charge in [0.1, 0.15) is 35.2 Å². The van der Waals surface area contributed by atoms with E-state index in [-0.39, 0.29) is 23.4 Å². The number of aliphatic hydroxyl groups is 1. The minimum absolute atomic E-state index is 0.0375. The Morgan fingerprint density at radius 1 is 1.12 bits per heavy atom. The number of H-pyrrole nitrogens is 1. The highest BCUT2D eigenvalue weighted by molar-refractivity contribution is 5.94. The number of carbonyl (C=O) groups excluding carboxylic acids is 1. The predicted octanol–water partition coefficient (Wildman–Crippen LogP) is 6.24. The summed E-state index contributed by atoms with van der Waals surface area (Å²) in [6.45, 7) is 3.02. The summed E-state index contributed by atoms with van der Waals surface area (Å²) in [6.07, 6.45) is -6.33. The molecule has 3 heterocycles. The van der Waals surface area contributed by atoms with Crippen LogP contribution in [-0.4, -0.2) is 41.2 Å². The standard InChI is InChI=1S/C36H31F7N6O3/c1-18-16-35(39,40)32-28(18)31(36(41,42)43)46-49(32)17-27(50)45-26(14-19-12-20(37)15-21(38)13-19)29-23(9-8-22(44-29)10-11-34(2,3)52)24-6-5-7-25-30(24)48(4)47-33(25)51/h5-9,12-13,15,18,26,52H,14,16-17H2,1-4H3,(H,45,50)(H,47,51)/t18-,26-/m0/s1. The molecule has 1 aliphatic carbocycles. The average molecular weight is 729 g/mol. The van der Waals surface area contributed by atoms with Crippen LogP contribution in [0.2, 0.25) is 0 Å². The fourth-order valence-electron chi connectivity index (χ4n) is 6.62. The predicted molar refractivity (Wildman–Crippen MR) is 175 cm³/mol. The second kappa shape index (κ2) is 13.0. The summed E-state index contributed by atoms with van der Waals surface area (Å²) in [5.41, 5.74) is -3.73. The number of aromatic nitrogens is 5. The Balaban J connectivity index is 1.51. The first kappa shape index (κ1) is 36.4. The number of alkyl halides is 5. The molecule has 0 saturated heterocycles. The first-order chi connectivity index (χ1) is 24.2. The molecule has 0 unspecified atom stereocenters. The van der Waals surface area contributed by atoms with Gasteiger partial charge in [-0.25, -0.2) is 13.8 Å². The molecule has 1 amide bonds. The van der Waals surface area contributed by atoms with Crippen LogP contribution in [0.4, 0.5) is 30.7 Å². The highest BCUT2D eigenvalue weighted by Gasteiger charge is 2.53. The van der Waals surface area contributed by atoms with Gasteiger partial charge >= 0.3 is 6.18 Å². The first-order valence-corrected chi connectivity index (χ1v) is 16.0. The Kier molecular flexibility index (Phi) is 9.06. The summed E-state index contributed by atoms with van der Waals surface area (Å²) in [5, 5.41) is 19.2. The lowest BCUT2D eigenvalue weighted by molar-refractivity contribution is -0.142. The van der Waals surface area contributed by atoms with Crippen LogP contribution < -0.4 is 10.9 Å². The lowest BCUT2D eigenvalue weighted by Crippen LogP contribution is -2.35. The van der Waals surface area contributed by atoms with E-state index in [4.69, 9.17) is 0 Å². The molecule has 0 aliphatic heterocycles. The Hall–Kier alpha value is -5.43. The number of nitrogens with zero attached hydrogens (tertiary/aromatic N) is 4. The molecule has 3 aromatic heterocycles. The van der Waals surface area contributed by atoms with Crippen LogP contribution in [-0.2, 0) is 36.9 Å². The second-order valence-electron chi connectivity index (χ2n) is 13.3. The van der Waals surface area contributed by atoms with Crippen LogP contribution in [0, 0.1) is 23.5 Å². The van der Waals surface area contributed by atoms with Gasteiger partial charge in [0.15, 0.2) is 5.69 Å². The molecule has 5 aromatic rings. The minimum Gasteiger partial charge on any atom is -0.378 e. The molecule has 52 heavy (non-hydrogen) atoms. The van der Waals surface area contributed by atoms with E-state index in [1.54, 1.807) is 31.3 Å². The Morgan fingerprint density at radius 3 is 2.46 bits per heavy atom. The summed E-state index contributed by atoms with van der Waals surface area (Å²) in [5.74, 6) is -2.48. The van der Waals surface area contributed by atoms with Crippen LogP contribution in [0.25, 0.3) is 22.0 Å². The highest BCUT2D eigenvalue weighted by Crippen LogP contribution is 2.52.